The Kier molecular flexibility index (Phi) is 3.12. The number of hydrogen-bond donors (Lipinski definition) is 1. The van der Waals surface area contributed by atoms with Crippen LogP contribution in [0.1, 0.15) is 15.9 Å². The lowest BCUT2D eigenvalue weighted by Gasteiger charge is -1.99. The molecule has 1 heterocycles. The van der Waals surface area contributed by atoms with Crippen LogP contribution in [-0.4, -0.2) is 26.1 Å². The van der Waals surface area contributed by atoms with E-state index in [0.29, 0.717) is 22.6 Å². The van der Waals surface area contributed by atoms with Crippen molar-refractivity contribution in [1.29, 1.82) is 0 Å². The van der Waals surface area contributed by atoms with Crippen LogP contribution < -0.4 is 0 Å². The van der Waals surface area contributed by atoms with E-state index in [1.807, 2.05) is 24.3 Å². The normalized spacial score (nSPS) is 10.8. The van der Waals surface area contributed by atoms with Crippen LogP contribution in [0.4, 0.5) is 0 Å². The van der Waals surface area contributed by atoms with Gasteiger partial charge in [-0.2, -0.15) is 15.0 Å². The van der Waals surface area contributed by atoms with Crippen LogP contribution >= 0.6 is 11.6 Å². The van der Waals surface area contributed by atoms with Gasteiger partial charge in [-0.1, -0.05) is 23.7 Å². The van der Waals surface area contributed by atoms with Gasteiger partial charge in [0.15, 0.2) is 0 Å². The summed E-state index contributed by atoms with van der Waals surface area (Å²) in [5.41, 5.74) is 2.46. The minimum Gasteiger partial charge on any atom is -0.478 e. The van der Waals surface area contributed by atoms with Crippen LogP contribution in [0.15, 0.2) is 42.5 Å². The summed E-state index contributed by atoms with van der Waals surface area (Å²) in [6, 6.07) is 12.1. The van der Waals surface area contributed by atoms with Crippen molar-refractivity contribution in [2.75, 3.05) is 0 Å². The highest BCUT2D eigenvalue weighted by Gasteiger charge is 2.08. The third-order valence-electron chi connectivity index (χ3n) is 2.91. The maximum atomic E-state index is 10.9. The number of carbonyl (C=O) groups is 1. The molecule has 6 heteroatoms. The molecule has 0 aliphatic rings. The van der Waals surface area contributed by atoms with E-state index in [4.69, 9.17) is 16.7 Å². The highest BCUT2D eigenvalue weighted by atomic mass is 35.5. The number of rotatable bonds is 3. The molecule has 0 fully saturated rings. The lowest BCUT2D eigenvalue weighted by Crippen LogP contribution is -2.03. The third kappa shape index (κ3) is 2.48. The fraction of sp³-hybridized carbons (Fsp3) is 0.0714. The molecular formula is C14H10ClN3O2. The summed E-state index contributed by atoms with van der Waals surface area (Å²) in [6.45, 7) is 0.508. The van der Waals surface area contributed by atoms with Crippen molar-refractivity contribution in [3.63, 3.8) is 0 Å². The molecule has 0 spiro atoms. The van der Waals surface area contributed by atoms with Gasteiger partial charge in [-0.15, -0.1) is 0 Å². The van der Waals surface area contributed by atoms with Crippen LogP contribution in [0.25, 0.3) is 11.0 Å². The number of aromatic nitrogens is 3. The SMILES string of the molecule is O=C(O)c1ccc2nn(Cc3ccc(Cl)cc3)nc2c1. The molecule has 1 aromatic heterocycles. The molecule has 3 aromatic rings. The zero-order chi connectivity index (χ0) is 14.1. The van der Waals surface area contributed by atoms with Crippen molar-refractivity contribution in [2.24, 2.45) is 0 Å². The van der Waals surface area contributed by atoms with Crippen molar-refractivity contribution in [3.05, 3.63) is 58.6 Å². The average Bonchev–Trinajstić information content (AvgIpc) is 2.82. The zero-order valence-electron chi connectivity index (χ0n) is 10.3. The minimum absolute atomic E-state index is 0.205. The molecule has 0 bridgehead atoms. The van der Waals surface area contributed by atoms with Crippen molar-refractivity contribution < 1.29 is 9.90 Å². The van der Waals surface area contributed by atoms with Gasteiger partial charge >= 0.3 is 5.97 Å². The summed E-state index contributed by atoms with van der Waals surface area (Å²) in [6.07, 6.45) is 0. The zero-order valence-corrected chi connectivity index (χ0v) is 11.1. The third-order valence-corrected chi connectivity index (χ3v) is 3.16. The molecule has 0 saturated heterocycles. The molecule has 0 saturated carbocycles. The first kappa shape index (κ1) is 12.6. The maximum absolute atomic E-state index is 10.9. The van der Waals surface area contributed by atoms with E-state index in [-0.39, 0.29) is 5.56 Å². The molecular weight excluding hydrogens is 278 g/mol. The van der Waals surface area contributed by atoms with Crippen LogP contribution in [-0.2, 0) is 6.54 Å². The van der Waals surface area contributed by atoms with Crippen LogP contribution in [0.2, 0.25) is 5.02 Å². The topological polar surface area (TPSA) is 68.0 Å². The Balaban J connectivity index is 1.92. The monoisotopic (exact) mass is 287 g/mol. The van der Waals surface area contributed by atoms with Gasteiger partial charge < -0.3 is 5.11 Å². The molecule has 0 radical (unpaired) electrons. The quantitative estimate of drug-likeness (QED) is 0.804. The number of hydrogen-bond acceptors (Lipinski definition) is 3. The Morgan fingerprint density at radius 1 is 1.10 bits per heavy atom. The predicted octanol–water partition coefficient (Wildman–Crippen LogP) is 2.83. The predicted molar refractivity (Wildman–Crippen MR) is 75.0 cm³/mol. The highest BCUT2D eigenvalue weighted by Crippen LogP contribution is 2.14. The Hall–Kier alpha value is -2.40. The Labute approximate surface area is 119 Å². The summed E-state index contributed by atoms with van der Waals surface area (Å²) in [5, 5.41) is 18.2. The minimum atomic E-state index is -0.973. The van der Waals surface area contributed by atoms with E-state index in [2.05, 4.69) is 10.2 Å². The molecule has 100 valence electrons. The van der Waals surface area contributed by atoms with Crippen molar-refractivity contribution in [3.8, 4) is 0 Å². The summed E-state index contributed by atoms with van der Waals surface area (Å²) in [4.78, 5) is 12.4. The van der Waals surface area contributed by atoms with E-state index in [1.165, 1.54) is 12.1 Å². The number of carboxylic acid groups (broad SMARTS) is 1. The smallest absolute Gasteiger partial charge is 0.335 e. The molecule has 20 heavy (non-hydrogen) atoms. The fourth-order valence-electron chi connectivity index (χ4n) is 1.92. The second-order valence-corrected chi connectivity index (χ2v) is 4.80. The first-order valence-corrected chi connectivity index (χ1v) is 6.32. The highest BCUT2D eigenvalue weighted by molar-refractivity contribution is 6.30. The Morgan fingerprint density at radius 2 is 1.80 bits per heavy atom. The molecule has 0 atom stereocenters. The van der Waals surface area contributed by atoms with Gasteiger partial charge in [-0.3, -0.25) is 0 Å². The Bertz CT molecular complexity index is 781. The van der Waals surface area contributed by atoms with Crippen molar-refractivity contribution in [2.45, 2.75) is 6.54 Å². The van der Waals surface area contributed by atoms with E-state index in [9.17, 15) is 4.79 Å². The van der Waals surface area contributed by atoms with Gasteiger partial charge in [-0.25, -0.2) is 4.79 Å². The molecule has 2 aromatic carbocycles. The Morgan fingerprint density at radius 3 is 2.50 bits per heavy atom. The van der Waals surface area contributed by atoms with Crippen LogP contribution in [0.5, 0.6) is 0 Å². The number of halogens is 1. The second-order valence-electron chi connectivity index (χ2n) is 4.37. The molecule has 1 N–H and O–H groups in total. The van der Waals surface area contributed by atoms with Gasteiger partial charge in [-0.05, 0) is 35.9 Å². The summed E-state index contributed by atoms with van der Waals surface area (Å²) >= 11 is 5.83. The van der Waals surface area contributed by atoms with E-state index < -0.39 is 5.97 Å². The van der Waals surface area contributed by atoms with Gasteiger partial charge in [0.25, 0.3) is 0 Å². The van der Waals surface area contributed by atoms with Gasteiger partial charge in [0.05, 0.1) is 12.1 Å². The van der Waals surface area contributed by atoms with Crippen molar-refractivity contribution >= 4 is 28.6 Å². The standard InChI is InChI=1S/C14H10ClN3O2/c15-11-4-1-9(2-5-11)8-18-16-12-6-3-10(14(19)20)7-13(12)17-18/h1-7H,8H2,(H,19,20). The van der Waals surface area contributed by atoms with Crippen LogP contribution in [0.3, 0.4) is 0 Å². The molecule has 0 aliphatic carbocycles. The lowest BCUT2D eigenvalue weighted by molar-refractivity contribution is 0.0697. The molecule has 0 unspecified atom stereocenters. The number of nitrogens with zero attached hydrogens (tertiary/aromatic N) is 3. The summed E-state index contributed by atoms with van der Waals surface area (Å²) in [7, 11) is 0. The maximum Gasteiger partial charge on any atom is 0.335 e. The van der Waals surface area contributed by atoms with Crippen molar-refractivity contribution in [1.82, 2.24) is 15.0 Å². The van der Waals surface area contributed by atoms with Crippen LogP contribution in [0, 0.1) is 0 Å². The van der Waals surface area contributed by atoms with E-state index in [0.717, 1.165) is 5.56 Å². The first-order valence-electron chi connectivity index (χ1n) is 5.94. The lowest BCUT2D eigenvalue weighted by atomic mass is 10.2. The summed E-state index contributed by atoms with van der Waals surface area (Å²) in [5.74, 6) is -0.973. The van der Waals surface area contributed by atoms with E-state index >= 15 is 0 Å². The van der Waals surface area contributed by atoms with Gasteiger partial charge in [0, 0.05) is 5.02 Å². The second kappa shape index (κ2) is 4.94. The first-order chi connectivity index (χ1) is 9.61. The molecule has 0 aliphatic heterocycles. The van der Waals surface area contributed by atoms with Gasteiger partial charge in [0.1, 0.15) is 11.0 Å². The number of benzene rings is 2. The van der Waals surface area contributed by atoms with E-state index in [1.54, 1.807) is 10.9 Å². The molecule has 0 amide bonds. The number of fused-ring (bicyclic) bond motifs is 1. The molecule has 3 rings (SSSR count). The fourth-order valence-corrected chi connectivity index (χ4v) is 2.04. The molecule has 5 nitrogen and oxygen atoms in total. The summed E-state index contributed by atoms with van der Waals surface area (Å²) < 4.78 is 0. The number of carboxylic acids is 1. The largest absolute Gasteiger partial charge is 0.478 e. The van der Waals surface area contributed by atoms with Gasteiger partial charge in [0.2, 0.25) is 0 Å². The number of aromatic carboxylic acids is 1. The average molecular weight is 288 g/mol.